The minimum atomic E-state index is 0.184. The number of hydrogen-bond donors (Lipinski definition) is 0. The molecule has 122 valence electrons. The van der Waals surface area contributed by atoms with E-state index in [0.717, 1.165) is 31.5 Å². The monoisotopic (exact) mass is 314 g/mol. The first-order valence-corrected chi connectivity index (χ1v) is 8.06. The predicted molar refractivity (Wildman–Crippen MR) is 87.5 cm³/mol. The van der Waals surface area contributed by atoms with Crippen molar-refractivity contribution in [3.05, 3.63) is 42.4 Å². The average Bonchev–Trinajstić information content (AvgIpc) is 2.62. The van der Waals surface area contributed by atoms with Crippen LogP contribution in [-0.2, 0) is 11.3 Å². The van der Waals surface area contributed by atoms with Gasteiger partial charge in [0.1, 0.15) is 0 Å². The van der Waals surface area contributed by atoms with Crippen LogP contribution in [0.5, 0.6) is 5.88 Å². The highest BCUT2D eigenvalue weighted by Crippen LogP contribution is 2.20. The molecule has 6 heteroatoms. The molecule has 0 N–H and O–H groups in total. The molecule has 3 rings (SSSR count). The SMILES string of the molecule is CCOc1ccnc(N2CCC[C@H](OCc3cccnc3)C2)n1. The van der Waals surface area contributed by atoms with E-state index in [2.05, 4.69) is 19.9 Å². The molecule has 0 spiro atoms. The summed E-state index contributed by atoms with van der Waals surface area (Å²) in [5.41, 5.74) is 1.10. The van der Waals surface area contributed by atoms with E-state index in [1.165, 1.54) is 0 Å². The van der Waals surface area contributed by atoms with Gasteiger partial charge in [-0.3, -0.25) is 4.98 Å². The van der Waals surface area contributed by atoms with Gasteiger partial charge >= 0.3 is 0 Å². The summed E-state index contributed by atoms with van der Waals surface area (Å²) in [6, 6.07) is 5.74. The highest BCUT2D eigenvalue weighted by atomic mass is 16.5. The molecule has 1 atom stereocenters. The van der Waals surface area contributed by atoms with E-state index in [0.29, 0.717) is 25.0 Å². The van der Waals surface area contributed by atoms with Crippen molar-refractivity contribution in [2.24, 2.45) is 0 Å². The van der Waals surface area contributed by atoms with Crippen molar-refractivity contribution in [3.8, 4) is 5.88 Å². The lowest BCUT2D eigenvalue weighted by Gasteiger charge is -2.32. The van der Waals surface area contributed by atoms with E-state index in [-0.39, 0.29) is 6.10 Å². The van der Waals surface area contributed by atoms with E-state index in [1.807, 2.05) is 25.3 Å². The van der Waals surface area contributed by atoms with E-state index >= 15 is 0 Å². The quantitative estimate of drug-likeness (QED) is 0.816. The molecule has 6 nitrogen and oxygen atoms in total. The van der Waals surface area contributed by atoms with Crippen LogP contribution in [0.3, 0.4) is 0 Å². The standard InChI is InChI=1S/C17H22N4O2/c1-2-22-16-7-9-19-17(20-16)21-10-4-6-15(12-21)23-13-14-5-3-8-18-11-14/h3,5,7-9,11,15H,2,4,6,10,12-13H2,1H3/t15-/m0/s1. The molecule has 1 aliphatic rings. The molecule has 1 fully saturated rings. The van der Waals surface area contributed by atoms with Gasteiger partial charge in [0.05, 0.1) is 19.3 Å². The maximum atomic E-state index is 6.03. The molecule has 0 amide bonds. The summed E-state index contributed by atoms with van der Waals surface area (Å²) in [5.74, 6) is 1.33. The first-order chi connectivity index (χ1) is 11.3. The van der Waals surface area contributed by atoms with Gasteiger partial charge in [0, 0.05) is 37.7 Å². The van der Waals surface area contributed by atoms with Crippen LogP contribution in [0, 0.1) is 0 Å². The number of nitrogens with zero attached hydrogens (tertiary/aromatic N) is 4. The molecule has 2 aromatic heterocycles. The molecule has 0 radical (unpaired) electrons. The summed E-state index contributed by atoms with van der Waals surface area (Å²) in [5, 5.41) is 0. The molecule has 23 heavy (non-hydrogen) atoms. The van der Waals surface area contributed by atoms with Gasteiger partial charge in [-0.1, -0.05) is 6.07 Å². The van der Waals surface area contributed by atoms with E-state index < -0.39 is 0 Å². The number of anilines is 1. The molecular formula is C17H22N4O2. The molecule has 1 saturated heterocycles. The number of ether oxygens (including phenoxy) is 2. The fourth-order valence-corrected chi connectivity index (χ4v) is 2.67. The smallest absolute Gasteiger partial charge is 0.228 e. The molecule has 2 aromatic rings. The topological polar surface area (TPSA) is 60.4 Å². The highest BCUT2D eigenvalue weighted by molar-refractivity contribution is 5.32. The normalized spacial score (nSPS) is 18.0. The van der Waals surface area contributed by atoms with E-state index in [1.54, 1.807) is 18.5 Å². The number of aromatic nitrogens is 3. The van der Waals surface area contributed by atoms with Crippen LogP contribution in [0.25, 0.3) is 0 Å². The van der Waals surface area contributed by atoms with Crippen LogP contribution in [0.2, 0.25) is 0 Å². The minimum Gasteiger partial charge on any atom is -0.478 e. The van der Waals surface area contributed by atoms with Crippen molar-refractivity contribution >= 4 is 5.95 Å². The Bertz CT molecular complexity index is 609. The average molecular weight is 314 g/mol. The molecule has 1 aliphatic heterocycles. The largest absolute Gasteiger partial charge is 0.478 e. The Morgan fingerprint density at radius 1 is 1.30 bits per heavy atom. The van der Waals surface area contributed by atoms with E-state index in [9.17, 15) is 0 Å². The molecule has 0 unspecified atom stereocenters. The summed E-state index contributed by atoms with van der Waals surface area (Å²) in [6.45, 7) is 4.89. The van der Waals surface area contributed by atoms with Gasteiger partial charge in [0.15, 0.2) is 0 Å². The van der Waals surface area contributed by atoms with Crippen molar-refractivity contribution < 1.29 is 9.47 Å². The summed E-state index contributed by atoms with van der Waals surface area (Å²) < 4.78 is 11.5. The van der Waals surface area contributed by atoms with Crippen molar-refractivity contribution in [2.45, 2.75) is 32.5 Å². The third kappa shape index (κ3) is 4.39. The van der Waals surface area contributed by atoms with Gasteiger partial charge in [0.2, 0.25) is 11.8 Å². The van der Waals surface area contributed by atoms with Crippen LogP contribution in [0.4, 0.5) is 5.95 Å². The van der Waals surface area contributed by atoms with Gasteiger partial charge in [-0.15, -0.1) is 0 Å². The predicted octanol–water partition coefficient (Wildman–Crippen LogP) is 2.46. The van der Waals surface area contributed by atoms with Gasteiger partial charge in [-0.2, -0.15) is 4.98 Å². The number of pyridine rings is 1. The Labute approximate surface area is 136 Å². The van der Waals surface area contributed by atoms with Gasteiger partial charge < -0.3 is 14.4 Å². The van der Waals surface area contributed by atoms with Gasteiger partial charge in [-0.25, -0.2) is 4.98 Å². The molecular weight excluding hydrogens is 292 g/mol. The summed E-state index contributed by atoms with van der Waals surface area (Å²) >= 11 is 0. The van der Waals surface area contributed by atoms with Crippen molar-refractivity contribution in [2.75, 3.05) is 24.6 Å². The lowest BCUT2D eigenvalue weighted by atomic mass is 10.1. The summed E-state index contributed by atoms with van der Waals surface area (Å²) in [7, 11) is 0. The zero-order valence-electron chi connectivity index (χ0n) is 13.4. The summed E-state index contributed by atoms with van der Waals surface area (Å²) in [6.07, 6.45) is 7.67. The molecule has 0 saturated carbocycles. The third-order valence-corrected chi connectivity index (χ3v) is 3.78. The Hall–Kier alpha value is -2.21. The number of rotatable bonds is 6. The Kier molecular flexibility index (Phi) is 5.37. The number of piperidine rings is 1. The minimum absolute atomic E-state index is 0.184. The molecule has 0 bridgehead atoms. The van der Waals surface area contributed by atoms with Crippen molar-refractivity contribution in [3.63, 3.8) is 0 Å². The zero-order chi connectivity index (χ0) is 15.9. The van der Waals surface area contributed by atoms with Crippen LogP contribution >= 0.6 is 0 Å². The zero-order valence-corrected chi connectivity index (χ0v) is 13.4. The third-order valence-electron chi connectivity index (χ3n) is 3.78. The second-order valence-electron chi connectivity index (χ2n) is 5.51. The van der Waals surface area contributed by atoms with Gasteiger partial charge in [0.25, 0.3) is 0 Å². The second-order valence-corrected chi connectivity index (χ2v) is 5.51. The maximum Gasteiger partial charge on any atom is 0.228 e. The first-order valence-electron chi connectivity index (χ1n) is 8.06. The first kappa shape index (κ1) is 15.7. The van der Waals surface area contributed by atoms with Crippen LogP contribution < -0.4 is 9.64 Å². The number of hydrogen-bond acceptors (Lipinski definition) is 6. The highest BCUT2D eigenvalue weighted by Gasteiger charge is 2.22. The Morgan fingerprint density at radius 3 is 3.09 bits per heavy atom. The Balaban J connectivity index is 1.58. The molecule has 0 aliphatic carbocycles. The maximum absolute atomic E-state index is 6.03. The van der Waals surface area contributed by atoms with E-state index in [4.69, 9.17) is 9.47 Å². The summed E-state index contributed by atoms with van der Waals surface area (Å²) in [4.78, 5) is 15.1. The molecule has 0 aromatic carbocycles. The fraction of sp³-hybridized carbons (Fsp3) is 0.471. The lowest BCUT2D eigenvalue weighted by molar-refractivity contribution is 0.0311. The van der Waals surface area contributed by atoms with Crippen LogP contribution in [-0.4, -0.2) is 40.8 Å². The van der Waals surface area contributed by atoms with Crippen LogP contribution in [0.15, 0.2) is 36.8 Å². The molecule has 3 heterocycles. The van der Waals surface area contributed by atoms with Gasteiger partial charge in [-0.05, 0) is 31.4 Å². The van der Waals surface area contributed by atoms with Crippen LogP contribution in [0.1, 0.15) is 25.3 Å². The fourth-order valence-electron chi connectivity index (χ4n) is 2.67. The van der Waals surface area contributed by atoms with Crippen molar-refractivity contribution in [1.29, 1.82) is 0 Å². The second kappa shape index (κ2) is 7.87. The van der Waals surface area contributed by atoms with Crippen molar-refractivity contribution in [1.82, 2.24) is 15.0 Å². The Morgan fingerprint density at radius 2 is 2.26 bits per heavy atom. The lowest BCUT2D eigenvalue weighted by Crippen LogP contribution is -2.40.